The molecule has 1 aromatic carbocycles. The quantitative estimate of drug-likeness (QED) is 0.857. The van der Waals surface area contributed by atoms with E-state index in [4.69, 9.17) is 5.73 Å². The number of carbonyl (C=O) groups excluding carboxylic acids is 1. The van der Waals surface area contributed by atoms with Gasteiger partial charge in [0.05, 0.1) is 11.4 Å². The maximum Gasteiger partial charge on any atom is 0.254 e. The molecule has 1 amide bonds. The molecule has 2 rings (SSSR count). The molecule has 21 heavy (non-hydrogen) atoms. The van der Waals surface area contributed by atoms with Crippen LogP contribution in [0, 0.1) is 0 Å². The topological polar surface area (TPSA) is 52.8 Å². The van der Waals surface area contributed by atoms with Crippen LogP contribution in [0.5, 0.6) is 0 Å². The van der Waals surface area contributed by atoms with Crippen LogP contribution in [0.3, 0.4) is 0 Å². The van der Waals surface area contributed by atoms with Crippen molar-refractivity contribution in [3.05, 3.63) is 23.8 Å². The number of piperazine rings is 1. The molecule has 0 aromatic heterocycles. The van der Waals surface area contributed by atoms with Crippen molar-refractivity contribution in [1.29, 1.82) is 0 Å². The number of rotatable bonds is 3. The molecule has 0 atom stereocenters. The molecule has 1 aliphatic heterocycles. The second kappa shape index (κ2) is 6.35. The van der Waals surface area contributed by atoms with Crippen molar-refractivity contribution in [3.63, 3.8) is 0 Å². The third-order valence-corrected chi connectivity index (χ3v) is 4.09. The molecular weight excluding hydrogens is 264 g/mol. The van der Waals surface area contributed by atoms with Crippen molar-refractivity contribution in [2.24, 2.45) is 0 Å². The maximum atomic E-state index is 12.5. The van der Waals surface area contributed by atoms with Gasteiger partial charge in [0.25, 0.3) is 5.91 Å². The molecule has 0 radical (unpaired) electrons. The first-order chi connectivity index (χ1) is 9.90. The molecule has 2 N–H and O–H groups in total. The third-order valence-electron chi connectivity index (χ3n) is 4.09. The van der Waals surface area contributed by atoms with Gasteiger partial charge in [0.2, 0.25) is 0 Å². The second-order valence-corrected chi connectivity index (χ2v) is 6.09. The molecule has 1 saturated heterocycles. The monoisotopic (exact) mass is 290 g/mol. The average Bonchev–Trinajstić information content (AvgIpc) is 2.46. The lowest BCUT2D eigenvalue weighted by Crippen LogP contribution is -2.50. The van der Waals surface area contributed by atoms with Gasteiger partial charge in [-0.05, 0) is 32.0 Å². The van der Waals surface area contributed by atoms with Gasteiger partial charge >= 0.3 is 0 Å². The molecule has 1 heterocycles. The van der Waals surface area contributed by atoms with Crippen LogP contribution in [-0.2, 0) is 0 Å². The van der Waals surface area contributed by atoms with Gasteiger partial charge in [0.1, 0.15) is 0 Å². The lowest BCUT2D eigenvalue weighted by molar-refractivity contribution is 0.0595. The third kappa shape index (κ3) is 3.47. The normalized spacial score (nSPS) is 16.3. The van der Waals surface area contributed by atoms with E-state index in [2.05, 4.69) is 18.7 Å². The summed E-state index contributed by atoms with van der Waals surface area (Å²) in [5.41, 5.74) is 8.29. The predicted molar refractivity (Wildman–Crippen MR) is 87.8 cm³/mol. The maximum absolute atomic E-state index is 12.5. The van der Waals surface area contributed by atoms with Crippen LogP contribution in [0.1, 0.15) is 24.2 Å². The standard InChI is InChI=1S/C16H26N4O/c1-12(2)19-7-9-20(10-8-19)16(21)13-5-6-15(18(3)4)14(17)11-13/h5-6,11-12H,7-10,17H2,1-4H3. The van der Waals surface area contributed by atoms with E-state index in [1.54, 1.807) is 6.07 Å². The van der Waals surface area contributed by atoms with Crippen molar-refractivity contribution < 1.29 is 4.79 Å². The van der Waals surface area contributed by atoms with Crippen LogP contribution >= 0.6 is 0 Å². The molecule has 1 fully saturated rings. The van der Waals surface area contributed by atoms with Crippen molar-refractivity contribution in [2.75, 3.05) is 50.9 Å². The summed E-state index contributed by atoms with van der Waals surface area (Å²) in [6, 6.07) is 6.10. The van der Waals surface area contributed by atoms with Gasteiger partial charge in [-0.3, -0.25) is 9.69 Å². The number of nitrogens with two attached hydrogens (primary N) is 1. The number of hydrogen-bond acceptors (Lipinski definition) is 4. The largest absolute Gasteiger partial charge is 0.397 e. The zero-order valence-electron chi connectivity index (χ0n) is 13.5. The number of benzene rings is 1. The van der Waals surface area contributed by atoms with Crippen LogP contribution in [0.4, 0.5) is 11.4 Å². The van der Waals surface area contributed by atoms with Gasteiger partial charge < -0.3 is 15.5 Å². The summed E-state index contributed by atoms with van der Waals surface area (Å²) in [6.07, 6.45) is 0. The van der Waals surface area contributed by atoms with Gasteiger partial charge in [0.15, 0.2) is 0 Å². The minimum atomic E-state index is 0.0791. The van der Waals surface area contributed by atoms with E-state index in [0.29, 0.717) is 17.3 Å². The Morgan fingerprint density at radius 3 is 2.29 bits per heavy atom. The molecule has 1 aromatic rings. The fourth-order valence-electron chi connectivity index (χ4n) is 2.72. The van der Waals surface area contributed by atoms with Gasteiger partial charge in [-0.25, -0.2) is 0 Å². The lowest BCUT2D eigenvalue weighted by Gasteiger charge is -2.37. The minimum absolute atomic E-state index is 0.0791. The summed E-state index contributed by atoms with van der Waals surface area (Å²) in [7, 11) is 3.89. The Morgan fingerprint density at radius 2 is 1.81 bits per heavy atom. The molecule has 1 aliphatic rings. The Balaban J connectivity index is 2.06. The summed E-state index contributed by atoms with van der Waals surface area (Å²) in [4.78, 5) is 18.8. The molecule has 116 valence electrons. The van der Waals surface area contributed by atoms with Gasteiger partial charge in [0, 0.05) is 51.9 Å². The molecule has 0 spiro atoms. The van der Waals surface area contributed by atoms with E-state index in [1.807, 2.05) is 36.0 Å². The highest BCUT2D eigenvalue weighted by Crippen LogP contribution is 2.23. The Bertz CT molecular complexity index is 505. The summed E-state index contributed by atoms with van der Waals surface area (Å²) in [5.74, 6) is 0.0791. The lowest BCUT2D eigenvalue weighted by atomic mass is 10.1. The van der Waals surface area contributed by atoms with Crippen LogP contribution in [-0.4, -0.2) is 62.0 Å². The first kappa shape index (κ1) is 15.6. The zero-order valence-corrected chi connectivity index (χ0v) is 13.5. The van der Waals surface area contributed by atoms with Crippen LogP contribution in [0.15, 0.2) is 18.2 Å². The molecular formula is C16H26N4O. The molecule has 5 heteroatoms. The van der Waals surface area contributed by atoms with Crippen molar-refractivity contribution in [2.45, 2.75) is 19.9 Å². The number of anilines is 2. The Hall–Kier alpha value is -1.75. The van der Waals surface area contributed by atoms with E-state index in [1.165, 1.54) is 0 Å². The highest BCUT2D eigenvalue weighted by molar-refractivity contribution is 5.96. The minimum Gasteiger partial charge on any atom is -0.397 e. The zero-order chi connectivity index (χ0) is 15.6. The summed E-state index contributed by atoms with van der Waals surface area (Å²) < 4.78 is 0. The summed E-state index contributed by atoms with van der Waals surface area (Å²) in [6.45, 7) is 7.83. The smallest absolute Gasteiger partial charge is 0.254 e. The van der Waals surface area contributed by atoms with Crippen LogP contribution in [0.2, 0.25) is 0 Å². The first-order valence-electron chi connectivity index (χ1n) is 7.50. The first-order valence-corrected chi connectivity index (χ1v) is 7.50. The van der Waals surface area contributed by atoms with Crippen molar-refractivity contribution >= 4 is 17.3 Å². The van der Waals surface area contributed by atoms with E-state index in [9.17, 15) is 4.79 Å². The SMILES string of the molecule is CC(C)N1CCN(C(=O)c2ccc(N(C)C)c(N)c2)CC1. The number of hydrogen-bond donors (Lipinski definition) is 1. The van der Waals surface area contributed by atoms with Crippen molar-refractivity contribution in [3.8, 4) is 0 Å². The molecule has 0 saturated carbocycles. The number of carbonyl (C=O) groups is 1. The predicted octanol–water partition coefficient (Wildman–Crippen LogP) is 1.50. The van der Waals surface area contributed by atoms with Crippen LogP contribution in [0.25, 0.3) is 0 Å². The van der Waals surface area contributed by atoms with Gasteiger partial charge in [-0.2, -0.15) is 0 Å². The second-order valence-electron chi connectivity index (χ2n) is 6.09. The molecule has 0 bridgehead atoms. The van der Waals surface area contributed by atoms with Crippen molar-refractivity contribution in [1.82, 2.24) is 9.80 Å². The fourth-order valence-corrected chi connectivity index (χ4v) is 2.72. The molecule has 0 unspecified atom stereocenters. The Labute approximate surface area is 127 Å². The molecule has 5 nitrogen and oxygen atoms in total. The fraction of sp³-hybridized carbons (Fsp3) is 0.562. The van der Waals surface area contributed by atoms with Gasteiger partial charge in [-0.1, -0.05) is 0 Å². The van der Waals surface area contributed by atoms with Gasteiger partial charge in [-0.15, -0.1) is 0 Å². The summed E-state index contributed by atoms with van der Waals surface area (Å²) in [5, 5.41) is 0. The van der Waals surface area contributed by atoms with Crippen LogP contribution < -0.4 is 10.6 Å². The number of nitrogen functional groups attached to an aromatic ring is 1. The van der Waals surface area contributed by atoms with E-state index in [-0.39, 0.29) is 5.91 Å². The molecule has 0 aliphatic carbocycles. The highest BCUT2D eigenvalue weighted by Gasteiger charge is 2.23. The summed E-state index contributed by atoms with van der Waals surface area (Å²) >= 11 is 0. The number of nitrogens with zero attached hydrogens (tertiary/aromatic N) is 3. The average molecular weight is 290 g/mol. The Morgan fingerprint density at radius 1 is 1.19 bits per heavy atom. The van der Waals surface area contributed by atoms with E-state index >= 15 is 0 Å². The Kier molecular flexibility index (Phi) is 4.73. The van der Waals surface area contributed by atoms with E-state index in [0.717, 1.165) is 31.9 Å². The highest BCUT2D eigenvalue weighted by atomic mass is 16.2. The van der Waals surface area contributed by atoms with E-state index < -0.39 is 0 Å². The number of amides is 1.